The zero-order valence-corrected chi connectivity index (χ0v) is 31.7. The van der Waals surface area contributed by atoms with E-state index in [0.717, 1.165) is 6.42 Å². The summed E-state index contributed by atoms with van der Waals surface area (Å²) in [5.41, 5.74) is -0.544. The molecule has 1 saturated heterocycles. The van der Waals surface area contributed by atoms with Crippen LogP contribution in [-0.4, -0.2) is 87.0 Å². The van der Waals surface area contributed by atoms with E-state index in [1.807, 2.05) is 55.4 Å². The lowest BCUT2D eigenvalue weighted by Gasteiger charge is -2.37. The maximum atomic E-state index is 14.2. The normalized spacial score (nSPS) is 18.7. The van der Waals surface area contributed by atoms with Crippen molar-refractivity contribution in [1.29, 1.82) is 0 Å². The zero-order valence-electron chi connectivity index (χ0n) is 30.9. The molecule has 5 amide bonds. The van der Waals surface area contributed by atoms with Crippen LogP contribution in [0.15, 0.2) is 41.8 Å². The van der Waals surface area contributed by atoms with Crippen LogP contribution in [-0.2, 0) is 36.8 Å². The maximum absolute atomic E-state index is 14.2. The van der Waals surface area contributed by atoms with Crippen molar-refractivity contribution < 1.29 is 32.7 Å². The molecule has 1 aromatic rings. The Balaban J connectivity index is 2.21. The fourth-order valence-electron chi connectivity index (χ4n) is 5.82. The number of likely N-dealkylation sites (tertiary alicyclic amines) is 1. The first-order chi connectivity index (χ1) is 23.3. The number of ketones is 1. The largest absolute Gasteiger partial charge is 0.768 e. The summed E-state index contributed by atoms with van der Waals surface area (Å²) in [6.45, 7) is 19.7. The molecule has 280 valence electrons. The quantitative estimate of drug-likeness (QED) is 0.0924. The first kappa shape index (κ1) is 42.5. The summed E-state index contributed by atoms with van der Waals surface area (Å²) in [6, 6.07) is 2.75. The molecule has 0 aliphatic carbocycles. The van der Waals surface area contributed by atoms with Crippen molar-refractivity contribution >= 4 is 40.6 Å². The molecule has 0 aromatic heterocycles. The van der Waals surface area contributed by atoms with Gasteiger partial charge in [-0.2, -0.15) is 0 Å². The van der Waals surface area contributed by atoms with E-state index in [1.54, 1.807) is 18.2 Å². The van der Waals surface area contributed by atoms with Gasteiger partial charge in [0, 0.05) is 37.1 Å². The fraction of sp³-hybridized carbons (Fsp3) is 0.639. The van der Waals surface area contributed by atoms with Crippen molar-refractivity contribution in [1.82, 2.24) is 31.5 Å². The van der Waals surface area contributed by atoms with Gasteiger partial charge in [0.2, 0.25) is 17.6 Å². The second-order valence-electron chi connectivity index (χ2n) is 15.1. The molecule has 1 fully saturated rings. The van der Waals surface area contributed by atoms with Crippen molar-refractivity contribution in [3.05, 3.63) is 42.5 Å². The Morgan fingerprint density at radius 1 is 1.04 bits per heavy atom. The first-order valence-corrected chi connectivity index (χ1v) is 18.4. The minimum Gasteiger partial charge on any atom is -0.768 e. The molecular weight excluding hydrogens is 660 g/mol. The number of rotatable bonds is 17. The zero-order chi connectivity index (χ0) is 37.8. The third-order valence-electron chi connectivity index (χ3n) is 8.92. The number of Topliss-reactive ketones (excluding diaryl/α,β-unsaturated/α-hetero) is 1. The SMILES string of the molecule is C=CCNC(=O)C(=O)C(CCCC)NC(=O)C1C(C)CCN1C(=O)C(NC(=O)NC(CNCc1ccccc1S(=O)[O-])C(C)(C)C)C(C)(C)C. The lowest BCUT2D eigenvalue weighted by atomic mass is 9.85. The molecule has 0 spiro atoms. The number of unbranched alkanes of at least 4 members (excludes halogenated alkanes) is 1. The minimum absolute atomic E-state index is 0.114. The van der Waals surface area contributed by atoms with Crippen LogP contribution in [0.4, 0.5) is 4.79 Å². The van der Waals surface area contributed by atoms with E-state index in [2.05, 4.69) is 33.2 Å². The predicted octanol–water partition coefficient (Wildman–Crippen LogP) is 2.93. The number of benzene rings is 1. The fourth-order valence-corrected chi connectivity index (χ4v) is 6.37. The molecule has 0 radical (unpaired) electrons. The smallest absolute Gasteiger partial charge is 0.315 e. The molecule has 2 rings (SSSR count). The first-order valence-electron chi connectivity index (χ1n) is 17.3. The van der Waals surface area contributed by atoms with E-state index >= 15 is 0 Å². The molecule has 0 bridgehead atoms. The standard InChI is InChI=1S/C36H58N6O7S/c1-10-12-16-25(29(43)32(45)38-19-11-2)39-31(44)28-23(3)18-20-42(28)33(46)30(36(7,8)9)41-34(47)40-27(35(4,5)6)22-37-21-24-15-13-14-17-26(24)50(48)49/h11,13-15,17,23,25,27-28,30,37H,2,10,12,16,18-22H2,1,3-9H3,(H,38,45)(H,39,44)(H,48,49)(H2,40,41,47)/p-1. The van der Waals surface area contributed by atoms with Gasteiger partial charge in [0.1, 0.15) is 12.1 Å². The highest BCUT2D eigenvalue weighted by Gasteiger charge is 2.45. The third kappa shape index (κ3) is 12.3. The van der Waals surface area contributed by atoms with Crippen LogP contribution in [0.1, 0.15) is 86.6 Å². The second kappa shape index (κ2) is 19.1. The van der Waals surface area contributed by atoms with Gasteiger partial charge < -0.3 is 36.0 Å². The van der Waals surface area contributed by atoms with E-state index in [0.29, 0.717) is 24.9 Å². The average molecular weight is 718 g/mol. The van der Waals surface area contributed by atoms with Gasteiger partial charge in [-0.1, -0.05) is 92.5 Å². The lowest BCUT2D eigenvalue weighted by Crippen LogP contribution is -2.62. The summed E-state index contributed by atoms with van der Waals surface area (Å²) in [5.74, 6) is -2.74. The van der Waals surface area contributed by atoms with Gasteiger partial charge in [0.25, 0.3) is 5.91 Å². The monoisotopic (exact) mass is 717 g/mol. The highest BCUT2D eigenvalue weighted by molar-refractivity contribution is 7.79. The van der Waals surface area contributed by atoms with Gasteiger partial charge in [-0.25, -0.2) is 4.79 Å². The van der Waals surface area contributed by atoms with Crippen LogP contribution < -0.4 is 26.6 Å². The van der Waals surface area contributed by atoms with Crippen LogP contribution in [0.5, 0.6) is 0 Å². The second-order valence-corrected chi connectivity index (χ2v) is 16.0. The number of carbonyl (C=O) groups excluding carboxylic acids is 5. The molecule has 1 heterocycles. The Bertz CT molecular complexity index is 1390. The minimum atomic E-state index is -2.39. The van der Waals surface area contributed by atoms with Crippen LogP contribution in [0.25, 0.3) is 0 Å². The molecule has 1 aromatic carbocycles. The van der Waals surface area contributed by atoms with Gasteiger partial charge in [-0.15, -0.1) is 6.58 Å². The van der Waals surface area contributed by atoms with Crippen LogP contribution in [0.2, 0.25) is 0 Å². The van der Waals surface area contributed by atoms with Crippen LogP contribution in [0.3, 0.4) is 0 Å². The maximum Gasteiger partial charge on any atom is 0.315 e. The molecule has 14 heteroatoms. The van der Waals surface area contributed by atoms with Crippen LogP contribution >= 0.6 is 0 Å². The molecule has 5 N–H and O–H groups in total. The molecule has 1 aliphatic rings. The Kier molecular flexibility index (Phi) is 16.3. The number of hydrogen-bond acceptors (Lipinski definition) is 8. The summed E-state index contributed by atoms with van der Waals surface area (Å²) >= 11 is -2.39. The molecule has 13 nitrogen and oxygen atoms in total. The van der Waals surface area contributed by atoms with Crippen molar-refractivity contribution in [3.63, 3.8) is 0 Å². The topological polar surface area (TPSA) is 189 Å². The Morgan fingerprint density at radius 3 is 2.28 bits per heavy atom. The molecule has 1 aliphatic heterocycles. The number of nitrogens with one attached hydrogen (secondary N) is 5. The van der Waals surface area contributed by atoms with Gasteiger partial charge in [-0.3, -0.25) is 23.4 Å². The number of hydrogen-bond donors (Lipinski definition) is 5. The summed E-state index contributed by atoms with van der Waals surface area (Å²) in [4.78, 5) is 68.6. The van der Waals surface area contributed by atoms with Gasteiger partial charge >= 0.3 is 6.03 Å². The highest BCUT2D eigenvalue weighted by Crippen LogP contribution is 2.29. The van der Waals surface area contributed by atoms with Crippen molar-refractivity contribution in [2.45, 2.75) is 117 Å². The molecule has 0 saturated carbocycles. The Morgan fingerprint density at radius 2 is 1.70 bits per heavy atom. The number of nitrogens with zero attached hydrogens (tertiary/aromatic N) is 1. The summed E-state index contributed by atoms with van der Waals surface area (Å²) in [6.07, 6.45) is 3.64. The lowest BCUT2D eigenvalue weighted by molar-refractivity contribution is -0.144. The summed E-state index contributed by atoms with van der Waals surface area (Å²) < 4.78 is 23.2. The molecule has 50 heavy (non-hydrogen) atoms. The van der Waals surface area contributed by atoms with Gasteiger partial charge in [0.15, 0.2) is 0 Å². The van der Waals surface area contributed by atoms with Crippen LogP contribution in [0, 0.1) is 16.7 Å². The molecule has 6 atom stereocenters. The third-order valence-corrected chi connectivity index (χ3v) is 9.67. The predicted molar refractivity (Wildman–Crippen MR) is 192 cm³/mol. The van der Waals surface area contributed by atoms with Gasteiger partial charge in [0.05, 0.1) is 6.04 Å². The number of carbonyl (C=O) groups is 5. The van der Waals surface area contributed by atoms with E-state index in [-0.39, 0.29) is 36.9 Å². The Labute approximate surface area is 299 Å². The van der Waals surface area contributed by atoms with E-state index in [1.165, 1.54) is 17.0 Å². The average Bonchev–Trinajstić information content (AvgIpc) is 3.43. The van der Waals surface area contributed by atoms with Gasteiger partial charge in [-0.05, 0) is 52.3 Å². The summed E-state index contributed by atoms with van der Waals surface area (Å²) in [7, 11) is 0. The van der Waals surface area contributed by atoms with Crippen molar-refractivity contribution in [2.24, 2.45) is 16.7 Å². The number of urea groups is 1. The highest BCUT2D eigenvalue weighted by atomic mass is 32.2. The van der Waals surface area contributed by atoms with Crippen molar-refractivity contribution in [2.75, 3.05) is 19.6 Å². The van der Waals surface area contributed by atoms with Crippen molar-refractivity contribution in [3.8, 4) is 0 Å². The van der Waals surface area contributed by atoms with E-state index in [9.17, 15) is 32.7 Å². The number of amides is 5. The van der Waals surface area contributed by atoms with E-state index < -0.39 is 75.6 Å². The molecule has 6 unspecified atom stereocenters. The summed E-state index contributed by atoms with van der Waals surface area (Å²) in [5, 5.41) is 14.3. The Hall–Kier alpha value is -3.62. The van der Waals surface area contributed by atoms with E-state index in [4.69, 9.17) is 0 Å². The molecular formula is C36H57N6O7S-.